The van der Waals surface area contributed by atoms with Crippen molar-refractivity contribution >= 4 is 23.3 Å². The van der Waals surface area contributed by atoms with Gasteiger partial charge in [0.2, 0.25) is 5.91 Å². The van der Waals surface area contributed by atoms with Gasteiger partial charge in [-0.1, -0.05) is 44.5 Å². The van der Waals surface area contributed by atoms with Crippen molar-refractivity contribution in [1.29, 1.82) is 0 Å². The zero-order valence-electron chi connectivity index (χ0n) is 17.7. The van der Waals surface area contributed by atoms with Gasteiger partial charge in [-0.25, -0.2) is 9.37 Å². The lowest BCUT2D eigenvalue weighted by atomic mass is 9.86. The average molecular weight is 434 g/mol. The monoisotopic (exact) mass is 433 g/mol. The number of nitrogens with zero attached hydrogens (tertiary/aromatic N) is 2. The van der Waals surface area contributed by atoms with Gasteiger partial charge in [-0.05, 0) is 42.5 Å². The number of ether oxygens (including phenoxy) is 1. The average Bonchev–Trinajstić information content (AvgIpc) is 2.72. The third-order valence-electron chi connectivity index (χ3n) is 5.51. The molecule has 1 saturated heterocycles. The van der Waals surface area contributed by atoms with Crippen LogP contribution < -0.4 is 15.0 Å². The highest BCUT2D eigenvalue weighted by Gasteiger charge is 2.31. The molecule has 1 N–H and O–H groups in total. The van der Waals surface area contributed by atoms with Crippen LogP contribution in [0.2, 0.25) is 5.02 Å². The van der Waals surface area contributed by atoms with Crippen LogP contribution in [0.3, 0.4) is 0 Å². The Labute approximate surface area is 182 Å². The maximum Gasteiger partial charge on any atom is 0.223 e. The van der Waals surface area contributed by atoms with Crippen LogP contribution in [0, 0.1) is 17.2 Å². The van der Waals surface area contributed by atoms with Crippen LogP contribution in [0.25, 0.3) is 0 Å². The maximum absolute atomic E-state index is 13.9. The Morgan fingerprint density at radius 1 is 1.27 bits per heavy atom. The van der Waals surface area contributed by atoms with E-state index in [1.54, 1.807) is 24.4 Å². The van der Waals surface area contributed by atoms with E-state index in [0.717, 1.165) is 31.7 Å². The number of hydrogen-bond donors (Lipinski definition) is 1. The fourth-order valence-corrected chi connectivity index (χ4v) is 3.57. The molecule has 1 amide bonds. The van der Waals surface area contributed by atoms with Crippen molar-refractivity contribution in [3.05, 3.63) is 53.4 Å². The van der Waals surface area contributed by atoms with Crippen LogP contribution in [-0.4, -0.2) is 36.6 Å². The number of para-hydroxylation sites is 1. The quantitative estimate of drug-likeness (QED) is 0.717. The largest absolute Gasteiger partial charge is 0.488 e. The molecule has 1 fully saturated rings. The van der Waals surface area contributed by atoms with Crippen molar-refractivity contribution in [1.82, 2.24) is 10.3 Å². The molecule has 1 unspecified atom stereocenters. The lowest BCUT2D eigenvalue weighted by Gasteiger charge is -2.35. The van der Waals surface area contributed by atoms with Gasteiger partial charge in [0.1, 0.15) is 12.4 Å². The standard InChI is InChI=1S/C23H29ClFN3O2/c1-23(2,3)20(15-30-19-7-5-4-6-18(19)25)27-22(29)16-10-12-28(13-11-16)21-9-8-17(24)14-26-21/h4-9,14,16,20H,10-13,15H2,1-3H3,(H,27,29). The summed E-state index contributed by atoms with van der Waals surface area (Å²) < 4.78 is 19.5. The minimum Gasteiger partial charge on any atom is -0.488 e. The summed E-state index contributed by atoms with van der Waals surface area (Å²) in [6.45, 7) is 7.85. The number of hydrogen-bond acceptors (Lipinski definition) is 4. The molecule has 0 bridgehead atoms. The SMILES string of the molecule is CC(C)(C)C(COc1ccccc1F)NC(=O)C1CCN(c2ccc(Cl)cn2)CC1. The van der Waals surface area contributed by atoms with E-state index in [1.165, 1.54) is 6.07 Å². The minimum atomic E-state index is -0.403. The summed E-state index contributed by atoms with van der Waals surface area (Å²) in [6, 6.07) is 9.80. The van der Waals surface area contributed by atoms with Crippen molar-refractivity contribution in [3.8, 4) is 5.75 Å². The van der Waals surface area contributed by atoms with Crippen molar-refractivity contribution in [2.75, 3.05) is 24.6 Å². The Kier molecular flexibility index (Phi) is 7.19. The molecule has 1 aromatic heterocycles. The maximum atomic E-state index is 13.9. The first-order valence-electron chi connectivity index (χ1n) is 10.3. The van der Waals surface area contributed by atoms with Crippen molar-refractivity contribution in [2.24, 2.45) is 11.3 Å². The molecule has 0 radical (unpaired) electrons. The summed E-state index contributed by atoms with van der Waals surface area (Å²) in [6.07, 6.45) is 3.14. The highest BCUT2D eigenvalue weighted by atomic mass is 35.5. The highest BCUT2D eigenvalue weighted by Crippen LogP contribution is 2.26. The van der Waals surface area contributed by atoms with E-state index in [4.69, 9.17) is 16.3 Å². The van der Waals surface area contributed by atoms with Crippen LogP contribution in [0.4, 0.5) is 10.2 Å². The van der Waals surface area contributed by atoms with Gasteiger partial charge >= 0.3 is 0 Å². The number of aromatic nitrogens is 1. The van der Waals surface area contributed by atoms with Gasteiger partial charge in [-0.2, -0.15) is 0 Å². The van der Waals surface area contributed by atoms with Crippen LogP contribution in [0.5, 0.6) is 5.75 Å². The molecule has 2 aromatic rings. The van der Waals surface area contributed by atoms with E-state index in [0.29, 0.717) is 5.02 Å². The fraction of sp³-hybridized carbons (Fsp3) is 0.478. The van der Waals surface area contributed by atoms with E-state index >= 15 is 0 Å². The zero-order chi connectivity index (χ0) is 21.7. The molecule has 1 aliphatic heterocycles. The number of carbonyl (C=O) groups is 1. The molecular weight excluding hydrogens is 405 g/mol. The molecule has 162 valence electrons. The molecule has 5 nitrogen and oxygen atoms in total. The number of pyridine rings is 1. The van der Waals surface area contributed by atoms with Crippen LogP contribution >= 0.6 is 11.6 Å². The van der Waals surface area contributed by atoms with Gasteiger partial charge < -0.3 is 15.0 Å². The van der Waals surface area contributed by atoms with Crippen LogP contribution in [0.15, 0.2) is 42.6 Å². The van der Waals surface area contributed by atoms with Gasteiger partial charge in [0.15, 0.2) is 11.6 Å². The molecule has 0 aliphatic carbocycles. The number of amides is 1. The first kappa shape index (κ1) is 22.3. The summed E-state index contributed by atoms with van der Waals surface area (Å²) in [4.78, 5) is 19.5. The van der Waals surface area contributed by atoms with Gasteiger partial charge in [-0.3, -0.25) is 4.79 Å². The third kappa shape index (κ3) is 5.85. The Bertz CT molecular complexity index is 846. The Morgan fingerprint density at radius 2 is 1.97 bits per heavy atom. The number of piperidine rings is 1. The molecular formula is C23H29ClFN3O2. The molecule has 1 aromatic carbocycles. The van der Waals surface area contributed by atoms with E-state index in [-0.39, 0.29) is 35.6 Å². The number of nitrogens with one attached hydrogen (secondary N) is 1. The van der Waals surface area contributed by atoms with Crippen molar-refractivity contribution in [3.63, 3.8) is 0 Å². The first-order valence-corrected chi connectivity index (χ1v) is 10.7. The molecule has 7 heteroatoms. The lowest BCUT2D eigenvalue weighted by molar-refractivity contribution is -0.127. The van der Waals surface area contributed by atoms with Gasteiger partial charge in [0.05, 0.1) is 11.1 Å². The Balaban J connectivity index is 1.55. The lowest BCUT2D eigenvalue weighted by Crippen LogP contribution is -2.51. The van der Waals surface area contributed by atoms with E-state index in [2.05, 4.69) is 15.2 Å². The highest BCUT2D eigenvalue weighted by molar-refractivity contribution is 6.30. The molecule has 0 spiro atoms. The Morgan fingerprint density at radius 3 is 2.57 bits per heavy atom. The second-order valence-corrected chi connectivity index (χ2v) is 9.20. The second kappa shape index (κ2) is 9.65. The number of anilines is 1. The first-order chi connectivity index (χ1) is 14.2. The van der Waals surface area contributed by atoms with E-state index in [9.17, 15) is 9.18 Å². The predicted octanol–water partition coefficient (Wildman–Crippen LogP) is 4.70. The number of carbonyl (C=O) groups excluding carboxylic acids is 1. The normalized spacial score (nSPS) is 16.2. The van der Waals surface area contributed by atoms with Crippen molar-refractivity contribution in [2.45, 2.75) is 39.7 Å². The molecule has 1 atom stereocenters. The fourth-order valence-electron chi connectivity index (χ4n) is 3.46. The minimum absolute atomic E-state index is 0.0239. The van der Waals surface area contributed by atoms with Gasteiger partial charge in [-0.15, -0.1) is 0 Å². The second-order valence-electron chi connectivity index (χ2n) is 8.76. The number of rotatable bonds is 6. The van der Waals surface area contributed by atoms with Gasteiger partial charge in [0.25, 0.3) is 0 Å². The van der Waals surface area contributed by atoms with Gasteiger partial charge in [0, 0.05) is 25.2 Å². The summed E-state index contributed by atoms with van der Waals surface area (Å²) >= 11 is 5.91. The van der Waals surface area contributed by atoms with Crippen LogP contribution in [-0.2, 0) is 4.79 Å². The summed E-state index contributed by atoms with van der Waals surface area (Å²) in [5.41, 5.74) is -0.227. The van der Waals surface area contributed by atoms with E-state index in [1.807, 2.05) is 32.9 Å². The zero-order valence-corrected chi connectivity index (χ0v) is 18.5. The van der Waals surface area contributed by atoms with E-state index < -0.39 is 5.82 Å². The Hall–Kier alpha value is -2.34. The molecule has 2 heterocycles. The predicted molar refractivity (Wildman–Crippen MR) is 117 cm³/mol. The summed E-state index contributed by atoms with van der Waals surface area (Å²) in [5, 5.41) is 3.75. The molecule has 30 heavy (non-hydrogen) atoms. The van der Waals surface area contributed by atoms with Crippen molar-refractivity contribution < 1.29 is 13.9 Å². The number of halogens is 2. The summed E-state index contributed by atoms with van der Waals surface area (Å²) in [5.74, 6) is 0.635. The topological polar surface area (TPSA) is 54.5 Å². The molecule has 0 saturated carbocycles. The summed E-state index contributed by atoms with van der Waals surface area (Å²) in [7, 11) is 0. The molecule has 3 rings (SSSR count). The van der Waals surface area contributed by atoms with Crippen LogP contribution in [0.1, 0.15) is 33.6 Å². The third-order valence-corrected chi connectivity index (χ3v) is 5.73. The smallest absolute Gasteiger partial charge is 0.223 e. The number of benzene rings is 1. The molecule has 1 aliphatic rings.